The molecule has 0 amide bonds. The van der Waals surface area contributed by atoms with Gasteiger partial charge in [-0.25, -0.2) is 0 Å². The predicted molar refractivity (Wildman–Crippen MR) is 143 cm³/mol. The number of fused-ring (bicyclic) bond motifs is 1. The van der Waals surface area contributed by atoms with Gasteiger partial charge in [0.1, 0.15) is 24.7 Å². The number of hydrogen-bond acceptors (Lipinski definition) is 4. The molecule has 1 aliphatic rings. The van der Waals surface area contributed by atoms with Gasteiger partial charge in [0.15, 0.2) is 0 Å². The van der Waals surface area contributed by atoms with Gasteiger partial charge in [0.2, 0.25) is 0 Å². The molecule has 5 heteroatoms. The third kappa shape index (κ3) is 7.36. The molecule has 34 heavy (non-hydrogen) atoms. The van der Waals surface area contributed by atoms with Crippen molar-refractivity contribution in [1.29, 1.82) is 0 Å². The van der Waals surface area contributed by atoms with Crippen LogP contribution in [0.3, 0.4) is 0 Å². The van der Waals surface area contributed by atoms with Crippen molar-refractivity contribution in [3.63, 3.8) is 0 Å². The maximum absolute atomic E-state index is 10.1. The van der Waals surface area contributed by atoms with E-state index in [2.05, 4.69) is 66.4 Å². The van der Waals surface area contributed by atoms with Crippen molar-refractivity contribution in [3.05, 3.63) is 71.8 Å². The fourth-order valence-electron chi connectivity index (χ4n) is 4.37. The maximum Gasteiger partial charge on any atom is 0.123 e. The van der Waals surface area contributed by atoms with E-state index in [-0.39, 0.29) is 19.0 Å². The van der Waals surface area contributed by atoms with Gasteiger partial charge in [-0.1, -0.05) is 49.4 Å². The molecule has 1 saturated heterocycles. The topological polar surface area (TPSA) is 41.9 Å². The van der Waals surface area contributed by atoms with Crippen LogP contribution in [0.25, 0.3) is 10.8 Å². The van der Waals surface area contributed by atoms with Gasteiger partial charge in [-0.2, -0.15) is 0 Å². The van der Waals surface area contributed by atoms with Crippen molar-refractivity contribution in [1.82, 2.24) is 4.90 Å². The molecular formula is C29H38ClNO3. The number of hydrogen-bond donors (Lipinski definition) is 1. The average Bonchev–Trinajstić information content (AvgIpc) is 2.80. The Morgan fingerprint density at radius 1 is 0.941 bits per heavy atom. The summed E-state index contributed by atoms with van der Waals surface area (Å²) in [6.07, 6.45) is 3.35. The summed E-state index contributed by atoms with van der Waals surface area (Å²) < 4.78 is 12.1. The molecule has 3 aromatic rings. The van der Waals surface area contributed by atoms with Crippen LogP contribution in [0.1, 0.15) is 44.7 Å². The molecule has 0 aromatic heterocycles. The minimum absolute atomic E-state index is 0. The molecule has 0 radical (unpaired) electrons. The molecule has 1 N–H and O–H groups in total. The van der Waals surface area contributed by atoms with Crippen molar-refractivity contribution in [2.75, 3.05) is 32.8 Å². The Kier molecular flexibility index (Phi) is 9.24. The number of piperidine rings is 1. The van der Waals surface area contributed by atoms with Crippen LogP contribution in [0.2, 0.25) is 0 Å². The van der Waals surface area contributed by atoms with Gasteiger partial charge in [0.05, 0.1) is 5.60 Å². The Balaban J connectivity index is 0.00000324. The van der Waals surface area contributed by atoms with Crippen LogP contribution in [0.15, 0.2) is 60.7 Å². The summed E-state index contributed by atoms with van der Waals surface area (Å²) in [7, 11) is 0. The number of nitrogens with zero attached hydrogens (tertiary/aromatic N) is 1. The highest BCUT2D eigenvalue weighted by atomic mass is 35.5. The van der Waals surface area contributed by atoms with Crippen LogP contribution in [-0.4, -0.2) is 48.5 Å². The molecule has 1 heterocycles. The molecule has 4 rings (SSSR count). The number of rotatable bonds is 9. The Morgan fingerprint density at radius 3 is 2.35 bits per heavy atom. The van der Waals surface area contributed by atoms with Gasteiger partial charge in [0, 0.05) is 18.5 Å². The summed E-state index contributed by atoms with van der Waals surface area (Å²) in [5, 5.41) is 12.5. The van der Waals surface area contributed by atoms with Crippen LogP contribution >= 0.6 is 12.4 Å². The van der Waals surface area contributed by atoms with E-state index in [1.54, 1.807) is 13.8 Å². The minimum atomic E-state index is -0.881. The largest absolute Gasteiger partial charge is 0.492 e. The maximum atomic E-state index is 10.1. The first-order valence-electron chi connectivity index (χ1n) is 12.2. The normalized spacial score (nSPS) is 15.2. The molecule has 0 bridgehead atoms. The Morgan fingerprint density at radius 2 is 1.65 bits per heavy atom. The van der Waals surface area contributed by atoms with Gasteiger partial charge >= 0.3 is 0 Å². The third-order valence-electron chi connectivity index (χ3n) is 6.44. The number of ether oxygens (including phenoxy) is 2. The van der Waals surface area contributed by atoms with Crippen LogP contribution < -0.4 is 9.47 Å². The molecule has 4 nitrogen and oxygen atoms in total. The monoisotopic (exact) mass is 483 g/mol. The third-order valence-corrected chi connectivity index (χ3v) is 6.44. The molecule has 184 valence electrons. The fraction of sp³-hybridized carbons (Fsp3) is 0.448. The van der Waals surface area contributed by atoms with Crippen molar-refractivity contribution in [3.8, 4) is 11.5 Å². The van der Waals surface area contributed by atoms with E-state index < -0.39 is 5.60 Å². The lowest BCUT2D eigenvalue weighted by Crippen LogP contribution is -2.35. The first kappa shape index (κ1) is 26.3. The number of likely N-dealkylation sites (tertiary alicyclic amines) is 1. The zero-order valence-corrected chi connectivity index (χ0v) is 21.4. The molecule has 1 aliphatic heterocycles. The quantitative estimate of drug-likeness (QED) is 0.398. The van der Waals surface area contributed by atoms with E-state index in [0.717, 1.165) is 42.6 Å². The van der Waals surface area contributed by atoms with Crippen LogP contribution in [-0.2, 0) is 6.42 Å². The van der Waals surface area contributed by atoms with Gasteiger partial charge in [-0.3, -0.25) is 4.90 Å². The van der Waals surface area contributed by atoms with E-state index in [9.17, 15) is 5.11 Å². The lowest BCUT2D eigenvalue weighted by Gasteiger charge is -2.29. The first-order valence-corrected chi connectivity index (χ1v) is 12.2. The molecular weight excluding hydrogens is 446 g/mol. The lowest BCUT2D eigenvalue weighted by molar-refractivity contribution is 0.0282. The van der Waals surface area contributed by atoms with Crippen molar-refractivity contribution < 1.29 is 14.6 Å². The van der Waals surface area contributed by atoms with Gasteiger partial charge < -0.3 is 14.6 Å². The zero-order valence-electron chi connectivity index (χ0n) is 20.6. The highest BCUT2D eigenvalue weighted by Crippen LogP contribution is 2.31. The average molecular weight is 484 g/mol. The Labute approximate surface area is 210 Å². The molecule has 0 unspecified atom stereocenters. The second-order valence-corrected chi connectivity index (χ2v) is 10.1. The second-order valence-electron chi connectivity index (χ2n) is 10.1. The smallest absolute Gasteiger partial charge is 0.123 e. The Hall–Kier alpha value is -2.27. The predicted octanol–water partition coefficient (Wildman–Crippen LogP) is 6.11. The van der Waals surface area contributed by atoms with Crippen LogP contribution in [0.5, 0.6) is 11.5 Å². The molecule has 0 spiro atoms. The summed E-state index contributed by atoms with van der Waals surface area (Å²) in [4.78, 5) is 2.50. The van der Waals surface area contributed by atoms with E-state index in [4.69, 9.17) is 9.47 Å². The molecule has 0 atom stereocenters. The summed E-state index contributed by atoms with van der Waals surface area (Å²) in [5.41, 5.74) is 1.47. The SMILES string of the molecule is CC1CCN(CCOc2ccc(Cc3c(OCC(C)(C)O)ccc4ccccc34)cc2)CC1.Cl. The summed E-state index contributed by atoms with van der Waals surface area (Å²) in [6.45, 7) is 10.2. The van der Waals surface area contributed by atoms with Crippen LogP contribution in [0.4, 0.5) is 0 Å². The van der Waals surface area contributed by atoms with Crippen molar-refractivity contribution in [2.45, 2.75) is 45.6 Å². The van der Waals surface area contributed by atoms with E-state index >= 15 is 0 Å². The number of halogens is 1. The van der Waals surface area contributed by atoms with Crippen LogP contribution in [0, 0.1) is 5.92 Å². The van der Waals surface area contributed by atoms with E-state index in [1.807, 2.05) is 6.07 Å². The number of benzene rings is 3. The highest BCUT2D eigenvalue weighted by molar-refractivity contribution is 5.88. The summed E-state index contributed by atoms with van der Waals surface area (Å²) in [6, 6.07) is 20.9. The first-order chi connectivity index (χ1) is 15.9. The molecule has 0 aliphatic carbocycles. The lowest BCUT2D eigenvalue weighted by atomic mass is 9.97. The molecule has 0 saturated carbocycles. The van der Waals surface area contributed by atoms with Gasteiger partial charge in [0.25, 0.3) is 0 Å². The second kappa shape index (κ2) is 11.9. The standard InChI is InChI=1S/C29H37NO3.ClH/c1-22-14-16-30(17-15-22)18-19-32-25-11-8-23(9-12-25)20-27-26-7-5-4-6-24(26)10-13-28(27)33-21-29(2,3)31;/h4-13,22,31H,14-21H2,1-3H3;1H. The van der Waals surface area contributed by atoms with E-state index in [0.29, 0.717) is 0 Å². The number of aliphatic hydroxyl groups is 1. The fourth-order valence-corrected chi connectivity index (χ4v) is 4.37. The van der Waals surface area contributed by atoms with Crippen molar-refractivity contribution in [2.24, 2.45) is 5.92 Å². The van der Waals surface area contributed by atoms with E-state index in [1.165, 1.54) is 42.3 Å². The zero-order chi connectivity index (χ0) is 23.3. The summed E-state index contributed by atoms with van der Waals surface area (Å²) >= 11 is 0. The minimum Gasteiger partial charge on any atom is -0.492 e. The highest BCUT2D eigenvalue weighted by Gasteiger charge is 2.17. The van der Waals surface area contributed by atoms with Crippen molar-refractivity contribution >= 4 is 23.2 Å². The molecule has 3 aromatic carbocycles. The van der Waals surface area contributed by atoms with Gasteiger partial charge in [-0.15, -0.1) is 12.4 Å². The van der Waals surface area contributed by atoms with Gasteiger partial charge in [-0.05, 0) is 80.2 Å². The molecule has 1 fully saturated rings. The summed E-state index contributed by atoms with van der Waals surface area (Å²) in [5.74, 6) is 2.60. The Bertz CT molecular complexity index is 1040.